The molecule has 0 saturated heterocycles. The second-order valence-corrected chi connectivity index (χ2v) is 25.6. The van der Waals surface area contributed by atoms with E-state index >= 15 is 0 Å². The van der Waals surface area contributed by atoms with E-state index < -0.39 is 69.1 Å². The predicted octanol–water partition coefficient (Wildman–Crippen LogP) is -2.95. The van der Waals surface area contributed by atoms with Crippen molar-refractivity contribution in [2.45, 2.75) is 13.8 Å². The van der Waals surface area contributed by atoms with Gasteiger partial charge in [-0.2, -0.15) is 8.67 Å². The molecular weight excluding hydrogens is 754 g/mol. The first-order valence-electron chi connectivity index (χ1n) is 15.2. The Morgan fingerprint density at radius 3 is 0.878 bits per heavy atom. The van der Waals surface area contributed by atoms with E-state index in [9.17, 15) is 39.6 Å². The molecule has 0 aromatic heterocycles. The van der Waals surface area contributed by atoms with E-state index in [0.717, 1.165) is 4.31 Å². The average molecular weight is 795 g/mol. The number of benzene rings is 4. The Morgan fingerprint density at radius 2 is 0.714 bits per heavy atom. The first-order chi connectivity index (χ1) is 22.7. The van der Waals surface area contributed by atoms with Gasteiger partial charge in [0.25, 0.3) is 0 Å². The molecule has 0 unspecified atom stereocenters. The third-order valence-corrected chi connectivity index (χ3v) is 24.3. The number of nitrogens with zero attached hydrogens (tertiary/aromatic N) is 1. The fraction of sp³-hybridized carbons (Fsp3) is 0.222. The van der Waals surface area contributed by atoms with E-state index in [1.54, 1.807) is 0 Å². The molecule has 0 heterocycles. The minimum atomic E-state index is -5.51. The predicted molar refractivity (Wildman–Crippen MR) is 184 cm³/mol. The third kappa shape index (κ3) is 8.83. The molecule has 0 fully saturated rings. The van der Waals surface area contributed by atoms with Crippen LogP contribution in [-0.4, -0.2) is 77.8 Å². The Morgan fingerprint density at radius 1 is 0.510 bits per heavy atom. The van der Waals surface area contributed by atoms with E-state index in [1.165, 1.54) is 31.3 Å². The van der Waals surface area contributed by atoms with Crippen LogP contribution >= 0.6 is 8.67 Å². The van der Waals surface area contributed by atoms with Crippen LogP contribution in [0.2, 0.25) is 0 Å². The number of nitrogens with two attached hydrogens (primary N) is 1. The van der Waals surface area contributed by atoms with Crippen LogP contribution in [0.1, 0.15) is 13.8 Å². The van der Waals surface area contributed by atoms with Crippen LogP contribution in [0.25, 0.3) is 0 Å². The normalized spacial score (nSPS) is 12.7. The molecule has 0 amide bonds. The Labute approximate surface area is 299 Å². The number of carboxylic acids is 4. The van der Waals surface area contributed by atoms with Gasteiger partial charge in [-0.25, -0.2) is 0 Å². The second-order valence-electron chi connectivity index (χ2n) is 11.7. The number of carboxylic acid groups (broad SMARTS) is 4. The number of hydrogen-bond acceptors (Lipinski definition) is 10. The van der Waals surface area contributed by atoms with Crippen LogP contribution < -0.4 is 43.0 Å². The first kappa shape index (κ1) is 41.3. The Bertz CT molecular complexity index is 1480. The van der Waals surface area contributed by atoms with Crippen molar-refractivity contribution in [3.05, 3.63) is 121 Å². The summed E-state index contributed by atoms with van der Waals surface area (Å²) in [6, 6.07) is 44.2. The molecule has 0 bridgehead atoms. The van der Waals surface area contributed by atoms with Crippen molar-refractivity contribution >= 4 is 63.5 Å². The molecular formula is C36H40AsCoN2O8S. The summed E-state index contributed by atoms with van der Waals surface area (Å²) in [7, 11) is -5.51. The molecule has 0 aliphatic heterocycles. The van der Waals surface area contributed by atoms with Gasteiger partial charge in [0.05, 0.1) is 23.9 Å². The average Bonchev–Trinajstić information content (AvgIpc) is 3.02. The summed E-state index contributed by atoms with van der Waals surface area (Å²) in [5.41, 5.74) is 0. The summed E-state index contributed by atoms with van der Waals surface area (Å²) in [5, 5.41) is 51.4. The zero-order chi connectivity index (χ0) is 35.5. The molecule has 10 nitrogen and oxygen atoms in total. The molecule has 13 heteroatoms. The zero-order valence-electron chi connectivity index (χ0n) is 27.3. The quantitative estimate of drug-likeness (QED) is 0.122. The van der Waals surface area contributed by atoms with Crippen molar-refractivity contribution < 1.29 is 56.4 Å². The number of hydrogen-bond donors (Lipinski definition) is 1. The van der Waals surface area contributed by atoms with Crippen molar-refractivity contribution in [1.29, 1.82) is 0 Å². The summed E-state index contributed by atoms with van der Waals surface area (Å²) in [6.07, 6.45) is 0. The molecule has 0 aliphatic rings. The molecule has 4 aromatic rings. The molecule has 4 aromatic carbocycles. The van der Waals surface area contributed by atoms with Gasteiger partial charge < -0.3 is 39.6 Å². The Kier molecular flexibility index (Phi) is 14.0. The van der Waals surface area contributed by atoms with Crippen LogP contribution in [0.3, 0.4) is 0 Å². The van der Waals surface area contributed by atoms with Crippen molar-refractivity contribution in [2.24, 2.45) is 5.14 Å². The van der Waals surface area contributed by atoms with Gasteiger partial charge in [-0.15, -0.1) is 0 Å². The van der Waals surface area contributed by atoms with E-state index in [4.69, 9.17) is 5.14 Å². The molecule has 0 saturated carbocycles. The van der Waals surface area contributed by atoms with Crippen LogP contribution in [0.15, 0.2) is 121 Å². The summed E-state index contributed by atoms with van der Waals surface area (Å²) in [4.78, 5) is 45.1. The summed E-state index contributed by atoms with van der Waals surface area (Å²) < 4.78 is 6.87. The van der Waals surface area contributed by atoms with E-state index in [0.29, 0.717) is 0 Å². The monoisotopic (exact) mass is 794 g/mol. The van der Waals surface area contributed by atoms with Gasteiger partial charge >= 0.3 is 169 Å². The van der Waals surface area contributed by atoms with Crippen LogP contribution in [-0.2, 0) is 36.0 Å². The van der Waals surface area contributed by atoms with Crippen molar-refractivity contribution in [1.82, 2.24) is 4.31 Å². The molecule has 0 radical (unpaired) electrons. The van der Waals surface area contributed by atoms with Crippen LogP contribution in [0, 0.1) is 0 Å². The maximum atomic E-state index is 11.3. The fourth-order valence-electron chi connectivity index (χ4n) is 6.76. The topological polar surface area (TPSA) is 190 Å². The van der Waals surface area contributed by atoms with Crippen molar-refractivity contribution in [3.8, 4) is 0 Å². The Balaban J connectivity index is 0.000000335. The number of carbonyl (C=O) groups is 4. The van der Waals surface area contributed by atoms with Crippen LogP contribution in [0.5, 0.6) is 0 Å². The van der Waals surface area contributed by atoms with Crippen LogP contribution in [0.4, 0.5) is 0 Å². The van der Waals surface area contributed by atoms with E-state index in [2.05, 4.69) is 121 Å². The molecule has 4 rings (SSSR count). The zero-order valence-corrected chi connectivity index (χ0v) is 31.0. The van der Waals surface area contributed by atoms with Gasteiger partial charge in [0, 0.05) is 36.1 Å². The fourth-order valence-corrected chi connectivity index (χ4v) is 21.8. The van der Waals surface area contributed by atoms with Gasteiger partial charge in [0.1, 0.15) is 0 Å². The standard InChI is InChI=1S/C24H20As.C12H24N2O8S.Co/c1-5-13-21(14-6-1)25(22-15-7-2-8-16-22,23-17-9-3-10-18-23)24-19-11-4-12-20-24;1-3-14(4-2)23(13,5-9(15)16,6-10(17)18,7-11(19)20)8-12(21)22;/h1-20H;3-8,13H2,1-2H3,(H,15,16)(H,17,18)(H,19,20)(H,21,22);/q+1;;+3/p-4. The number of carbonyl (C=O) groups excluding carboxylic acids is 4. The van der Waals surface area contributed by atoms with Gasteiger partial charge in [0.15, 0.2) is 0 Å². The molecule has 2 N–H and O–H groups in total. The van der Waals surface area contributed by atoms with E-state index in [1.807, 2.05) is 0 Å². The maximum absolute atomic E-state index is 11.3. The Hall–Kier alpha value is -3.91. The van der Waals surface area contributed by atoms with E-state index in [-0.39, 0.29) is 29.9 Å². The van der Waals surface area contributed by atoms with Gasteiger partial charge in [-0.3, -0.25) is 9.44 Å². The van der Waals surface area contributed by atoms with Gasteiger partial charge in [-0.05, 0) is 0 Å². The summed E-state index contributed by atoms with van der Waals surface area (Å²) >= 11 is -2.77. The van der Waals surface area contributed by atoms with Gasteiger partial charge in [0.2, 0.25) is 0 Å². The summed E-state index contributed by atoms with van der Waals surface area (Å²) in [5.74, 6) is -12.5. The number of aliphatic carboxylic acids is 4. The molecule has 0 atom stereocenters. The first-order valence-corrected chi connectivity index (χ1v) is 22.1. The van der Waals surface area contributed by atoms with Gasteiger partial charge in [-0.1, -0.05) is 13.8 Å². The molecule has 49 heavy (non-hydrogen) atoms. The number of rotatable bonds is 15. The second kappa shape index (κ2) is 16.7. The third-order valence-electron chi connectivity index (χ3n) is 8.45. The molecule has 0 aliphatic carbocycles. The van der Waals surface area contributed by atoms with Crippen molar-refractivity contribution in [3.63, 3.8) is 0 Å². The molecule has 262 valence electrons. The van der Waals surface area contributed by atoms with Crippen molar-refractivity contribution in [2.75, 3.05) is 36.1 Å². The minimum absolute atomic E-state index is 0. The summed E-state index contributed by atoms with van der Waals surface area (Å²) in [6.45, 7) is 2.75. The molecule has 0 spiro atoms. The SMILES string of the molecule is CCN(CC)S(N)(CC(=O)[O-])(CC(=O)[O-])(CC(=O)[O-])CC(=O)[O-].[Co+3].c1ccc([As+](c2ccccc2)(c2ccccc2)c2ccccc2)cc1.